The van der Waals surface area contributed by atoms with Crippen LogP contribution in [-0.4, -0.2) is 73.0 Å². The monoisotopic (exact) mass is 490 g/mol. The first-order valence-corrected chi connectivity index (χ1v) is 14.1. The Bertz CT molecular complexity index is 704. The number of hydrogen-bond donors (Lipinski definition) is 0. The summed E-state index contributed by atoms with van der Waals surface area (Å²) in [5.74, 6) is 0. The van der Waals surface area contributed by atoms with Crippen LogP contribution in [0.1, 0.15) is 38.7 Å². The van der Waals surface area contributed by atoms with Gasteiger partial charge >= 0.3 is 15.2 Å². The lowest BCUT2D eigenvalue weighted by atomic mass is 10.2. The van der Waals surface area contributed by atoms with Crippen LogP contribution in [0.25, 0.3) is 0 Å². The molecule has 0 heterocycles. The molecular formula is C20H37BN2O7P2. The zero-order valence-electron chi connectivity index (χ0n) is 20.1. The van der Waals surface area contributed by atoms with E-state index in [1.807, 2.05) is 31.1 Å². The molecule has 0 aromatic heterocycles. The van der Waals surface area contributed by atoms with E-state index in [1.54, 1.807) is 44.9 Å². The summed E-state index contributed by atoms with van der Waals surface area (Å²) in [5, 5.41) is 0.472. The maximum Gasteiger partial charge on any atom is 0.350 e. The van der Waals surface area contributed by atoms with Crippen LogP contribution in [0.15, 0.2) is 24.3 Å². The van der Waals surface area contributed by atoms with Gasteiger partial charge in [-0.3, -0.25) is 9.13 Å². The van der Waals surface area contributed by atoms with Gasteiger partial charge < -0.3 is 27.8 Å². The standard InChI is InChI=1S/C20H37BN2O7P2/c1-7-27-31(24,28-8-2)20(32(25,29-9-3)30-10-4)18-11-13-19(14-12-18)22(5)15-16-23(6)26-17-21/h11-14,20H,7-10,15-17H2,1-6H3. The fourth-order valence-electron chi connectivity index (χ4n) is 3.13. The lowest BCUT2D eigenvalue weighted by Crippen LogP contribution is -2.31. The summed E-state index contributed by atoms with van der Waals surface area (Å²) in [6.07, 6.45) is 0. The molecule has 9 nitrogen and oxygen atoms in total. The van der Waals surface area contributed by atoms with Gasteiger partial charge in [0.15, 0.2) is 5.40 Å². The largest absolute Gasteiger partial charge is 0.373 e. The van der Waals surface area contributed by atoms with Gasteiger partial charge in [0.1, 0.15) is 7.85 Å². The van der Waals surface area contributed by atoms with E-state index in [0.29, 0.717) is 18.7 Å². The summed E-state index contributed by atoms with van der Waals surface area (Å²) >= 11 is 0. The minimum Gasteiger partial charge on any atom is -0.373 e. The van der Waals surface area contributed by atoms with Crippen molar-refractivity contribution >= 4 is 28.7 Å². The van der Waals surface area contributed by atoms with Crippen molar-refractivity contribution in [2.45, 2.75) is 33.1 Å². The van der Waals surface area contributed by atoms with Crippen LogP contribution in [0.2, 0.25) is 0 Å². The smallest absolute Gasteiger partial charge is 0.350 e. The predicted molar refractivity (Wildman–Crippen MR) is 129 cm³/mol. The molecule has 0 unspecified atom stereocenters. The molecule has 0 spiro atoms. The third-order valence-electron chi connectivity index (χ3n) is 4.51. The van der Waals surface area contributed by atoms with E-state index < -0.39 is 20.6 Å². The van der Waals surface area contributed by atoms with Gasteiger partial charge in [-0.1, -0.05) is 12.1 Å². The Balaban J connectivity index is 3.30. The van der Waals surface area contributed by atoms with Crippen molar-refractivity contribution in [3.05, 3.63) is 29.8 Å². The van der Waals surface area contributed by atoms with E-state index in [2.05, 4.69) is 0 Å². The topological polar surface area (TPSA) is 86.8 Å². The molecule has 0 bridgehead atoms. The number of hydrogen-bond acceptors (Lipinski definition) is 9. The predicted octanol–water partition coefficient (Wildman–Crippen LogP) is 4.64. The zero-order chi connectivity index (χ0) is 24.2. The Kier molecular flexibility index (Phi) is 13.3. The van der Waals surface area contributed by atoms with Gasteiger partial charge in [-0.15, -0.1) is 0 Å². The highest BCUT2D eigenvalue weighted by molar-refractivity contribution is 7.72. The summed E-state index contributed by atoms with van der Waals surface area (Å²) in [6, 6.07) is 7.23. The molecule has 0 aliphatic carbocycles. The zero-order valence-corrected chi connectivity index (χ0v) is 21.8. The van der Waals surface area contributed by atoms with Crippen molar-refractivity contribution in [1.29, 1.82) is 0 Å². The van der Waals surface area contributed by atoms with E-state index in [4.69, 9.17) is 30.8 Å². The lowest BCUT2D eigenvalue weighted by Gasteiger charge is -2.32. The SMILES string of the molecule is [B]CON(C)CCN(C)c1ccc(C(P(=O)(OCC)OCC)P(=O)(OCC)OCC)cc1. The van der Waals surface area contributed by atoms with Crippen LogP contribution < -0.4 is 4.90 Å². The molecule has 32 heavy (non-hydrogen) atoms. The number of anilines is 1. The van der Waals surface area contributed by atoms with Crippen molar-refractivity contribution in [3.8, 4) is 0 Å². The molecule has 0 atom stereocenters. The van der Waals surface area contributed by atoms with E-state index in [-0.39, 0.29) is 32.9 Å². The van der Waals surface area contributed by atoms with Crippen molar-refractivity contribution in [2.24, 2.45) is 0 Å². The number of hydroxylamine groups is 2. The van der Waals surface area contributed by atoms with Gasteiger partial charge in [-0.2, -0.15) is 5.06 Å². The van der Waals surface area contributed by atoms with Gasteiger partial charge in [-0.25, -0.2) is 0 Å². The molecule has 182 valence electrons. The number of likely N-dealkylation sites (N-methyl/N-ethyl adjacent to an activating group) is 2. The van der Waals surface area contributed by atoms with Crippen molar-refractivity contribution in [2.75, 3.05) is 65.0 Å². The van der Waals surface area contributed by atoms with E-state index in [9.17, 15) is 9.13 Å². The highest BCUT2D eigenvalue weighted by Crippen LogP contribution is 2.78. The molecule has 0 amide bonds. The van der Waals surface area contributed by atoms with Crippen molar-refractivity contribution in [1.82, 2.24) is 5.06 Å². The maximum atomic E-state index is 13.8. The summed E-state index contributed by atoms with van der Waals surface area (Å²) < 4.78 is 49.7. The number of rotatable bonds is 17. The van der Waals surface area contributed by atoms with Crippen LogP contribution in [0.3, 0.4) is 0 Å². The normalized spacial score (nSPS) is 12.6. The second-order valence-corrected chi connectivity index (χ2v) is 11.4. The first kappa shape index (κ1) is 29.3. The number of nitrogens with zero attached hydrogens (tertiary/aromatic N) is 2. The van der Waals surface area contributed by atoms with Gasteiger partial charge in [-0.05, 0) is 45.4 Å². The second kappa shape index (κ2) is 14.5. The minimum absolute atomic E-state index is 0.121. The molecule has 1 aromatic carbocycles. The molecule has 0 aliphatic rings. The summed E-state index contributed by atoms with van der Waals surface area (Å²) in [4.78, 5) is 7.24. The molecule has 2 radical (unpaired) electrons. The summed E-state index contributed by atoms with van der Waals surface area (Å²) in [6.45, 7) is 8.80. The molecule has 1 rings (SSSR count). The fourth-order valence-corrected chi connectivity index (χ4v) is 8.54. The Labute approximate surface area is 194 Å². The maximum absolute atomic E-state index is 13.8. The van der Waals surface area contributed by atoms with Crippen LogP contribution in [0.4, 0.5) is 5.69 Å². The second-order valence-electron chi connectivity index (χ2n) is 6.78. The molecule has 12 heteroatoms. The van der Waals surface area contributed by atoms with Crippen molar-refractivity contribution in [3.63, 3.8) is 0 Å². The Morgan fingerprint density at radius 3 is 1.62 bits per heavy atom. The van der Waals surface area contributed by atoms with Crippen LogP contribution in [0, 0.1) is 0 Å². The Hall–Kier alpha value is -0.695. The van der Waals surface area contributed by atoms with Crippen LogP contribution >= 0.6 is 15.2 Å². The fraction of sp³-hybridized carbons (Fsp3) is 0.700. The highest BCUT2D eigenvalue weighted by Gasteiger charge is 2.51. The van der Waals surface area contributed by atoms with Gasteiger partial charge in [0.2, 0.25) is 0 Å². The highest BCUT2D eigenvalue weighted by atomic mass is 31.2. The Morgan fingerprint density at radius 1 is 0.812 bits per heavy atom. The minimum atomic E-state index is -3.87. The lowest BCUT2D eigenvalue weighted by molar-refractivity contribution is -0.117. The quantitative estimate of drug-likeness (QED) is 0.176. The van der Waals surface area contributed by atoms with Crippen LogP contribution in [0.5, 0.6) is 0 Å². The van der Waals surface area contributed by atoms with Gasteiger partial charge in [0, 0.05) is 39.4 Å². The molecule has 0 N–H and O–H groups in total. The van der Waals surface area contributed by atoms with Gasteiger partial charge in [0.25, 0.3) is 0 Å². The van der Waals surface area contributed by atoms with Crippen molar-refractivity contribution < 1.29 is 32.1 Å². The molecule has 0 aliphatic heterocycles. The average molecular weight is 490 g/mol. The molecule has 1 aromatic rings. The first-order chi connectivity index (χ1) is 15.2. The van der Waals surface area contributed by atoms with E-state index >= 15 is 0 Å². The molecule has 0 saturated carbocycles. The molecular weight excluding hydrogens is 453 g/mol. The third-order valence-corrected chi connectivity index (χ3v) is 10.5. The molecule has 0 fully saturated rings. The molecule has 0 saturated heterocycles. The summed E-state index contributed by atoms with van der Waals surface area (Å²) in [5.41, 5.74) is 1.42. The third kappa shape index (κ3) is 8.26. The number of benzene rings is 1. The van der Waals surface area contributed by atoms with E-state index in [1.165, 1.54) is 0 Å². The first-order valence-electron chi connectivity index (χ1n) is 10.8. The van der Waals surface area contributed by atoms with Gasteiger partial charge in [0.05, 0.1) is 26.4 Å². The summed E-state index contributed by atoms with van der Waals surface area (Å²) in [7, 11) is 1.41. The average Bonchev–Trinajstić information content (AvgIpc) is 2.73. The Morgan fingerprint density at radius 2 is 1.25 bits per heavy atom. The van der Waals surface area contributed by atoms with E-state index in [0.717, 1.165) is 5.69 Å². The van der Waals surface area contributed by atoms with Crippen LogP contribution in [-0.2, 0) is 32.1 Å².